The van der Waals surface area contributed by atoms with Gasteiger partial charge < -0.3 is 10.0 Å². The average molecular weight is 282 g/mol. The number of phenolic OH excluding ortho intramolecular Hbond substituents is 1. The molecule has 4 heteroatoms. The van der Waals surface area contributed by atoms with E-state index in [4.69, 9.17) is 11.6 Å². The molecule has 1 amide bonds. The number of aromatic hydroxyl groups is 1. The summed E-state index contributed by atoms with van der Waals surface area (Å²) in [7, 11) is 0. The van der Waals surface area contributed by atoms with Crippen LogP contribution in [0, 0.1) is 6.92 Å². The van der Waals surface area contributed by atoms with E-state index >= 15 is 0 Å². The minimum absolute atomic E-state index is 0.0731. The summed E-state index contributed by atoms with van der Waals surface area (Å²) in [5.41, 5.74) is 1.14. The van der Waals surface area contributed by atoms with E-state index in [0.717, 1.165) is 24.8 Å². The fourth-order valence-corrected chi connectivity index (χ4v) is 2.48. The molecular formula is C15H20ClNO2. The van der Waals surface area contributed by atoms with Crippen molar-refractivity contribution < 1.29 is 9.90 Å². The molecule has 0 aliphatic heterocycles. The molecule has 2 rings (SSSR count). The number of benzene rings is 1. The van der Waals surface area contributed by atoms with Gasteiger partial charge in [0.05, 0.1) is 5.56 Å². The molecule has 19 heavy (non-hydrogen) atoms. The minimum atomic E-state index is -0.0731. The van der Waals surface area contributed by atoms with Crippen molar-refractivity contribution >= 4 is 17.5 Å². The van der Waals surface area contributed by atoms with E-state index in [-0.39, 0.29) is 11.7 Å². The number of phenols is 1. The maximum absolute atomic E-state index is 12.6. The van der Waals surface area contributed by atoms with Crippen molar-refractivity contribution in [3.8, 4) is 5.75 Å². The zero-order chi connectivity index (χ0) is 13.8. The molecule has 104 valence electrons. The van der Waals surface area contributed by atoms with Crippen molar-refractivity contribution in [2.24, 2.45) is 0 Å². The van der Waals surface area contributed by atoms with Crippen molar-refractivity contribution in [2.45, 2.75) is 38.6 Å². The van der Waals surface area contributed by atoms with Crippen molar-refractivity contribution in [3.63, 3.8) is 0 Å². The fraction of sp³-hybridized carbons (Fsp3) is 0.533. The third kappa shape index (κ3) is 3.03. The molecule has 1 saturated carbocycles. The van der Waals surface area contributed by atoms with Crippen LogP contribution in [0.15, 0.2) is 18.2 Å². The number of alkyl halides is 1. The summed E-state index contributed by atoms with van der Waals surface area (Å²) in [5.74, 6) is 0.578. The monoisotopic (exact) mass is 281 g/mol. The number of hydrogen-bond donors (Lipinski definition) is 1. The highest BCUT2D eigenvalue weighted by atomic mass is 35.5. The number of nitrogens with zero attached hydrogens (tertiary/aromatic N) is 1. The van der Waals surface area contributed by atoms with Gasteiger partial charge in [-0.3, -0.25) is 4.79 Å². The number of aryl methyl sites for hydroxylation is 1. The average Bonchev–Trinajstić information content (AvgIpc) is 2.34. The first kappa shape index (κ1) is 14.2. The van der Waals surface area contributed by atoms with Gasteiger partial charge in [0, 0.05) is 18.5 Å². The molecule has 0 saturated heterocycles. The van der Waals surface area contributed by atoms with Gasteiger partial charge in [-0.25, -0.2) is 0 Å². The number of carbonyl (C=O) groups excluding carboxylic acids is 1. The van der Waals surface area contributed by atoms with Gasteiger partial charge in [0.2, 0.25) is 0 Å². The maximum Gasteiger partial charge on any atom is 0.257 e. The predicted molar refractivity (Wildman–Crippen MR) is 76.9 cm³/mol. The van der Waals surface area contributed by atoms with Crippen LogP contribution in [0.4, 0.5) is 0 Å². The molecular weight excluding hydrogens is 262 g/mol. The summed E-state index contributed by atoms with van der Waals surface area (Å²) in [6, 6.07) is 5.62. The summed E-state index contributed by atoms with van der Waals surface area (Å²) in [6.45, 7) is 2.47. The normalized spacial score (nSPS) is 15.1. The number of rotatable bonds is 5. The Labute approximate surface area is 119 Å². The Kier molecular flexibility index (Phi) is 4.70. The van der Waals surface area contributed by atoms with Gasteiger partial charge >= 0.3 is 0 Å². The molecule has 0 unspecified atom stereocenters. The minimum Gasteiger partial charge on any atom is -0.507 e. The zero-order valence-electron chi connectivity index (χ0n) is 11.2. The summed E-state index contributed by atoms with van der Waals surface area (Å²) in [6.07, 6.45) is 4.08. The Morgan fingerprint density at radius 2 is 2.21 bits per heavy atom. The van der Waals surface area contributed by atoms with Crippen molar-refractivity contribution in [2.75, 3.05) is 12.4 Å². The second kappa shape index (κ2) is 6.29. The van der Waals surface area contributed by atoms with Gasteiger partial charge in [-0.15, -0.1) is 11.6 Å². The van der Waals surface area contributed by atoms with Crippen LogP contribution in [0.5, 0.6) is 5.75 Å². The van der Waals surface area contributed by atoms with E-state index in [1.807, 2.05) is 11.0 Å². The first-order valence-electron chi connectivity index (χ1n) is 6.80. The molecule has 1 N–H and O–H groups in total. The molecule has 3 nitrogen and oxygen atoms in total. The first-order chi connectivity index (χ1) is 9.15. The van der Waals surface area contributed by atoms with Crippen molar-refractivity contribution in [3.05, 3.63) is 29.3 Å². The summed E-state index contributed by atoms with van der Waals surface area (Å²) < 4.78 is 0. The zero-order valence-corrected chi connectivity index (χ0v) is 12.0. The first-order valence-corrected chi connectivity index (χ1v) is 7.34. The number of halogens is 1. The van der Waals surface area contributed by atoms with E-state index in [9.17, 15) is 9.90 Å². The Bertz CT molecular complexity index is 457. The molecule has 0 heterocycles. The number of amides is 1. The predicted octanol–water partition coefficient (Wildman–Crippen LogP) is 3.32. The highest BCUT2D eigenvalue weighted by Crippen LogP contribution is 2.29. The highest BCUT2D eigenvalue weighted by Gasteiger charge is 2.30. The lowest BCUT2D eigenvalue weighted by molar-refractivity contribution is 0.0577. The second-order valence-corrected chi connectivity index (χ2v) is 5.47. The summed E-state index contributed by atoms with van der Waals surface area (Å²) in [4.78, 5) is 14.5. The lowest BCUT2D eigenvalue weighted by Crippen LogP contribution is -2.44. The van der Waals surface area contributed by atoms with Crippen LogP contribution >= 0.6 is 11.6 Å². The molecule has 0 aromatic heterocycles. The third-order valence-corrected chi connectivity index (χ3v) is 4.04. The number of carbonyl (C=O) groups is 1. The van der Waals surface area contributed by atoms with Crippen molar-refractivity contribution in [1.29, 1.82) is 0 Å². The second-order valence-electron chi connectivity index (χ2n) is 5.10. The fourth-order valence-electron chi connectivity index (χ4n) is 2.36. The molecule has 1 aliphatic carbocycles. The van der Waals surface area contributed by atoms with Crippen LogP contribution < -0.4 is 0 Å². The van der Waals surface area contributed by atoms with Crippen LogP contribution in [0.2, 0.25) is 0 Å². The summed E-state index contributed by atoms with van der Waals surface area (Å²) >= 11 is 5.73. The lowest BCUT2D eigenvalue weighted by atomic mass is 9.90. The third-order valence-electron chi connectivity index (χ3n) is 3.78. The van der Waals surface area contributed by atoms with Crippen LogP contribution in [-0.2, 0) is 0 Å². The molecule has 0 atom stereocenters. The number of hydrogen-bond acceptors (Lipinski definition) is 2. The van der Waals surface area contributed by atoms with E-state index in [1.54, 1.807) is 19.1 Å². The van der Waals surface area contributed by atoms with Crippen LogP contribution in [0.25, 0.3) is 0 Å². The van der Waals surface area contributed by atoms with Crippen LogP contribution in [-0.4, -0.2) is 34.4 Å². The molecule has 0 bridgehead atoms. The largest absolute Gasteiger partial charge is 0.507 e. The molecule has 0 spiro atoms. The van der Waals surface area contributed by atoms with Gasteiger partial charge in [-0.2, -0.15) is 0 Å². The topological polar surface area (TPSA) is 40.5 Å². The van der Waals surface area contributed by atoms with E-state index in [1.165, 1.54) is 6.42 Å². The molecule has 0 radical (unpaired) electrons. The smallest absolute Gasteiger partial charge is 0.257 e. The Morgan fingerprint density at radius 1 is 1.47 bits per heavy atom. The van der Waals surface area contributed by atoms with Gasteiger partial charge in [-0.05, 0) is 44.2 Å². The maximum atomic E-state index is 12.6. The Balaban J connectivity index is 2.20. The van der Waals surface area contributed by atoms with Gasteiger partial charge in [-0.1, -0.05) is 12.1 Å². The van der Waals surface area contributed by atoms with E-state index in [2.05, 4.69) is 0 Å². The van der Waals surface area contributed by atoms with Crippen LogP contribution in [0.1, 0.15) is 41.6 Å². The standard InChI is InChI=1S/C15H20ClNO2/c1-11-5-2-8-13(14(11)18)15(19)17(10-4-9-16)12-6-3-7-12/h2,5,8,12,18H,3-4,6-7,9-10H2,1H3. The van der Waals surface area contributed by atoms with Crippen LogP contribution in [0.3, 0.4) is 0 Å². The van der Waals surface area contributed by atoms with E-state index in [0.29, 0.717) is 24.0 Å². The lowest BCUT2D eigenvalue weighted by Gasteiger charge is -2.37. The Morgan fingerprint density at radius 3 is 2.79 bits per heavy atom. The summed E-state index contributed by atoms with van der Waals surface area (Å²) in [5, 5.41) is 10.0. The SMILES string of the molecule is Cc1cccc(C(=O)N(CCCCl)C2CCC2)c1O. The van der Waals surface area contributed by atoms with Crippen molar-refractivity contribution in [1.82, 2.24) is 4.90 Å². The van der Waals surface area contributed by atoms with E-state index < -0.39 is 0 Å². The highest BCUT2D eigenvalue weighted by molar-refractivity contribution is 6.17. The van der Waals surface area contributed by atoms with Gasteiger partial charge in [0.1, 0.15) is 5.75 Å². The number of para-hydroxylation sites is 1. The molecule has 1 aromatic rings. The molecule has 1 aromatic carbocycles. The molecule has 1 fully saturated rings. The molecule has 1 aliphatic rings. The van der Waals surface area contributed by atoms with Gasteiger partial charge in [0.15, 0.2) is 0 Å². The quantitative estimate of drug-likeness (QED) is 0.841. The van der Waals surface area contributed by atoms with Gasteiger partial charge in [0.25, 0.3) is 5.91 Å². The Hall–Kier alpha value is -1.22.